The van der Waals surface area contributed by atoms with Gasteiger partial charge in [-0.15, -0.1) is 0 Å². The normalized spacial score (nSPS) is 14.5. The van der Waals surface area contributed by atoms with Crippen molar-refractivity contribution in [3.8, 4) is 22.4 Å². The Bertz CT molecular complexity index is 1060. The van der Waals surface area contributed by atoms with Crippen molar-refractivity contribution in [2.45, 2.75) is 25.4 Å². The molecule has 0 atom stereocenters. The Morgan fingerprint density at radius 3 is 2.52 bits per heavy atom. The minimum Gasteiger partial charge on any atom is -0.497 e. The third-order valence-electron chi connectivity index (χ3n) is 5.44. The molecule has 1 aliphatic heterocycles. The molecule has 0 aliphatic carbocycles. The van der Waals surface area contributed by atoms with Gasteiger partial charge < -0.3 is 23.8 Å². The Balaban J connectivity index is 1.31. The molecule has 31 heavy (non-hydrogen) atoms. The Morgan fingerprint density at radius 2 is 1.81 bits per heavy atom. The molecule has 2 heterocycles. The van der Waals surface area contributed by atoms with E-state index in [-0.39, 0.29) is 12.0 Å². The topological polar surface area (TPSA) is 70.1 Å². The minimum atomic E-state index is 0.0626. The lowest BCUT2D eigenvalue weighted by Crippen LogP contribution is -2.42. The number of carbonyl (C=O) groups excluding carboxylic acids is 1. The first-order valence-electron chi connectivity index (χ1n) is 10.2. The lowest BCUT2D eigenvalue weighted by molar-refractivity contribution is -0.132. The van der Waals surface area contributed by atoms with Crippen molar-refractivity contribution >= 4 is 27.5 Å². The quantitative estimate of drug-likeness (QED) is 0.552. The van der Waals surface area contributed by atoms with E-state index in [1.54, 1.807) is 21.3 Å². The van der Waals surface area contributed by atoms with Gasteiger partial charge in [0.05, 0.1) is 38.0 Å². The molecule has 2 aromatic carbocycles. The van der Waals surface area contributed by atoms with Gasteiger partial charge >= 0.3 is 0 Å². The molecule has 0 saturated carbocycles. The van der Waals surface area contributed by atoms with E-state index in [2.05, 4.69) is 4.98 Å². The molecular formula is C23H26N2O5S. The second-order valence-electron chi connectivity index (χ2n) is 7.38. The number of fused-ring (bicyclic) bond motifs is 1. The van der Waals surface area contributed by atoms with Gasteiger partial charge in [0, 0.05) is 25.9 Å². The summed E-state index contributed by atoms with van der Waals surface area (Å²) in [7, 11) is 4.84. The van der Waals surface area contributed by atoms with E-state index in [9.17, 15) is 4.79 Å². The molecule has 1 fully saturated rings. The molecule has 0 bridgehead atoms. The number of aromatic nitrogens is 1. The highest BCUT2D eigenvalue weighted by Gasteiger charge is 2.25. The van der Waals surface area contributed by atoms with Crippen molar-refractivity contribution < 1.29 is 23.7 Å². The summed E-state index contributed by atoms with van der Waals surface area (Å²) in [5.41, 5.74) is 1.81. The molecule has 0 radical (unpaired) electrons. The number of nitrogens with zero attached hydrogens (tertiary/aromatic N) is 2. The molecule has 7 nitrogen and oxygen atoms in total. The van der Waals surface area contributed by atoms with E-state index < -0.39 is 0 Å². The number of carbonyl (C=O) groups is 1. The van der Waals surface area contributed by atoms with Gasteiger partial charge in [-0.1, -0.05) is 17.4 Å². The third kappa shape index (κ3) is 4.85. The molecular weight excluding hydrogens is 416 g/mol. The van der Waals surface area contributed by atoms with E-state index >= 15 is 0 Å². The van der Waals surface area contributed by atoms with Crippen molar-refractivity contribution in [1.82, 2.24) is 9.88 Å². The largest absolute Gasteiger partial charge is 0.497 e. The molecule has 3 aromatic rings. The summed E-state index contributed by atoms with van der Waals surface area (Å²) in [4.78, 5) is 19.2. The predicted octanol–water partition coefficient (Wildman–Crippen LogP) is 3.93. The van der Waals surface area contributed by atoms with Crippen molar-refractivity contribution in [1.29, 1.82) is 0 Å². The van der Waals surface area contributed by atoms with Crippen LogP contribution in [0.15, 0.2) is 36.4 Å². The second-order valence-corrected chi connectivity index (χ2v) is 8.37. The average molecular weight is 443 g/mol. The van der Waals surface area contributed by atoms with Crippen molar-refractivity contribution in [2.75, 3.05) is 34.4 Å². The van der Waals surface area contributed by atoms with Crippen molar-refractivity contribution in [3.05, 3.63) is 42.0 Å². The summed E-state index contributed by atoms with van der Waals surface area (Å²) in [6, 6.07) is 11.4. The number of piperidine rings is 1. The Labute approximate surface area is 185 Å². The lowest BCUT2D eigenvalue weighted by atomic mass is 10.1. The van der Waals surface area contributed by atoms with Crippen LogP contribution in [0.3, 0.4) is 0 Å². The highest BCUT2D eigenvalue weighted by atomic mass is 32.1. The molecule has 1 saturated heterocycles. The fourth-order valence-electron chi connectivity index (χ4n) is 3.70. The second kappa shape index (κ2) is 9.43. The van der Waals surface area contributed by atoms with Crippen LogP contribution in [0.5, 0.6) is 22.4 Å². The van der Waals surface area contributed by atoms with E-state index in [1.165, 1.54) is 11.3 Å². The van der Waals surface area contributed by atoms with Crippen LogP contribution in [-0.2, 0) is 11.2 Å². The van der Waals surface area contributed by atoms with E-state index in [1.807, 2.05) is 41.3 Å². The first-order chi connectivity index (χ1) is 15.1. The van der Waals surface area contributed by atoms with Crippen molar-refractivity contribution in [3.63, 3.8) is 0 Å². The van der Waals surface area contributed by atoms with Crippen LogP contribution >= 0.6 is 11.3 Å². The highest BCUT2D eigenvalue weighted by molar-refractivity contribution is 7.20. The van der Waals surface area contributed by atoms with Gasteiger partial charge in [0.15, 0.2) is 11.5 Å². The highest BCUT2D eigenvalue weighted by Crippen LogP contribution is 2.32. The maximum atomic E-state index is 12.8. The van der Waals surface area contributed by atoms with E-state index in [4.69, 9.17) is 18.9 Å². The fraction of sp³-hybridized carbons (Fsp3) is 0.391. The lowest BCUT2D eigenvalue weighted by Gasteiger charge is -2.31. The summed E-state index contributed by atoms with van der Waals surface area (Å²) in [6.07, 6.45) is 1.98. The van der Waals surface area contributed by atoms with Crippen LogP contribution in [0.25, 0.3) is 10.2 Å². The molecule has 8 heteroatoms. The number of hydrogen-bond donors (Lipinski definition) is 0. The fourth-order valence-corrected chi connectivity index (χ4v) is 4.61. The Kier molecular flexibility index (Phi) is 6.46. The zero-order valence-electron chi connectivity index (χ0n) is 17.9. The summed E-state index contributed by atoms with van der Waals surface area (Å²) in [5.74, 6) is 2.21. The van der Waals surface area contributed by atoms with Crippen LogP contribution in [0.4, 0.5) is 0 Å². The maximum Gasteiger partial charge on any atom is 0.274 e. The van der Waals surface area contributed by atoms with Gasteiger partial charge in [-0.25, -0.2) is 4.98 Å². The average Bonchev–Trinajstić information content (AvgIpc) is 3.20. The van der Waals surface area contributed by atoms with Gasteiger partial charge in [0.25, 0.3) is 5.19 Å². The number of amides is 1. The molecule has 1 amide bonds. The van der Waals surface area contributed by atoms with Crippen LogP contribution in [0.2, 0.25) is 0 Å². The molecule has 0 unspecified atom stereocenters. The maximum absolute atomic E-state index is 12.8. The molecule has 1 aromatic heterocycles. The van der Waals surface area contributed by atoms with Crippen LogP contribution < -0.4 is 18.9 Å². The summed E-state index contributed by atoms with van der Waals surface area (Å²) < 4.78 is 23.0. The monoisotopic (exact) mass is 442 g/mol. The number of hydrogen-bond acceptors (Lipinski definition) is 7. The Morgan fingerprint density at radius 1 is 1.03 bits per heavy atom. The zero-order valence-corrected chi connectivity index (χ0v) is 18.7. The number of benzene rings is 2. The van der Waals surface area contributed by atoms with Gasteiger partial charge in [0.2, 0.25) is 5.91 Å². The van der Waals surface area contributed by atoms with Gasteiger partial charge in [-0.05, 0) is 35.9 Å². The number of ether oxygens (including phenoxy) is 4. The summed E-state index contributed by atoms with van der Waals surface area (Å²) >= 11 is 1.52. The molecule has 164 valence electrons. The predicted molar refractivity (Wildman–Crippen MR) is 120 cm³/mol. The van der Waals surface area contributed by atoms with Gasteiger partial charge in [-0.3, -0.25) is 4.79 Å². The van der Waals surface area contributed by atoms with Crippen LogP contribution in [0, 0.1) is 0 Å². The number of thiazole rings is 1. The molecule has 0 N–H and O–H groups in total. The SMILES string of the molecule is COc1ccc2nc(OC3CCN(C(=O)Cc4ccc(OC)c(OC)c4)CC3)sc2c1. The molecule has 1 aliphatic rings. The standard InChI is InChI=1S/C23H26N2O5S/c1-27-17-5-6-18-21(14-17)31-23(24-18)30-16-8-10-25(11-9-16)22(26)13-15-4-7-19(28-2)20(12-15)29-3/h4-7,12,14,16H,8-11,13H2,1-3H3. The summed E-state index contributed by atoms with van der Waals surface area (Å²) in [6.45, 7) is 1.35. The van der Waals surface area contributed by atoms with Crippen molar-refractivity contribution in [2.24, 2.45) is 0 Å². The van der Waals surface area contributed by atoms with E-state index in [0.717, 1.165) is 34.4 Å². The van der Waals surface area contributed by atoms with Gasteiger partial charge in [-0.2, -0.15) is 0 Å². The van der Waals surface area contributed by atoms with E-state index in [0.29, 0.717) is 36.2 Å². The number of rotatable bonds is 7. The number of likely N-dealkylation sites (tertiary alicyclic amines) is 1. The first kappa shape index (κ1) is 21.2. The molecule has 0 spiro atoms. The third-order valence-corrected chi connectivity index (χ3v) is 6.35. The smallest absolute Gasteiger partial charge is 0.274 e. The summed E-state index contributed by atoms with van der Waals surface area (Å²) in [5, 5.41) is 0.665. The molecule has 4 rings (SSSR count). The van der Waals surface area contributed by atoms with Crippen LogP contribution in [-0.4, -0.2) is 56.3 Å². The first-order valence-corrected chi connectivity index (χ1v) is 11.0. The Hall–Kier alpha value is -3.00. The van der Waals surface area contributed by atoms with Crippen LogP contribution in [0.1, 0.15) is 18.4 Å². The minimum absolute atomic E-state index is 0.0626. The van der Waals surface area contributed by atoms with Gasteiger partial charge in [0.1, 0.15) is 11.9 Å². The number of methoxy groups -OCH3 is 3. The zero-order chi connectivity index (χ0) is 21.8.